The first-order valence-electron chi connectivity index (χ1n) is 10.7. The molecule has 3 rings (SSSR count). The van der Waals surface area contributed by atoms with Gasteiger partial charge in [-0.1, -0.05) is 37.3 Å². The van der Waals surface area contributed by atoms with Gasteiger partial charge in [0.2, 0.25) is 0 Å². The average Bonchev–Trinajstić information content (AvgIpc) is 2.82. The molecule has 0 aliphatic carbocycles. The molecule has 1 aromatic heterocycles. The molecule has 1 atom stereocenters. The summed E-state index contributed by atoms with van der Waals surface area (Å²) in [6.45, 7) is 5.42. The summed E-state index contributed by atoms with van der Waals surface area (Å²) in [5.74, 6) is 6.23. The zero-order chi connectivity index (χ0) is 23.3. The molecule has 0 radical (unpaired) electrons. The van der Waals surface area contributed by atoms with Gasteiger partial charge in [0, 0.05) is 24.4 Å². The van der Waals surface area contributed by atoms with E-state index in [1.165, 1.54) is 12.1 Å². The van der Waals surface area contributed by atoms with Crippen molar-refractivity contribution in [2.45, 2.75) is 32.9 Å². The summed E-state index contributed by atoms with van der Waals surface area (Å²) in [5.41, 5.74) is 18.3. The van der Waals surface area contributed by atoms with Gasteiger partial charge < -0.3 is 22.2 Å². The number of hydrogen-bond acceptors (Lipinski definition) is 6. The molecule has 0 fully saturated rings. The lowest BCUT2D eigenvalue weighted by atomic mass is 9.95. The van der Waals surface area contributed by atoms with Crippen LogP contribution in [0.3, 0.4) is 0 Å². The zero-order valence-electron chi connectivity index (χ0n) is 18.7. The molecule has 2 aromatic carbocycles. The van der Waals surface area contributed by atoms with E-state index < -0.39 is 0 Å². The van der Waals surface area contributed by atoms with Crippen molar-refractivity contribution >= 4 is 17.1 Å². The van der Waals surface area contributed by atoms with Crippen molar-refractivity contribution < 1.29 is 4.39 Å². The topological polar surface area (TPSA) is 115 Å². The molecule has 0 spiro atoms. The Morgan fingerprint density at radius 3 is 2.25 bits per heavy atom. The highest BCUT2D eigenvalue weighted by Gasteiger charge is 2.16. The summed E-state index contributed by atoms with van der Waals surface area (Å²) in [7, 11) is 0. The number of pyridine rings is 1. The Morgan fingerprint density at radius 1 is 1.03 bits per heavy atom. The number of aromatic nitrogens is 1. The quantitative estimate of drug-likeness (QED) is 0.270. The SMILES string of the molecule is CC(N)/C(=C(\NN)c1ccc(F)cc1)c1ccnc(NCc2ccccc2)c1.CCCN. The summed E-state index contributed by atoms with van der Waals surface area (Å²) < 4.78 is 13.3. The van der Waals surface area contributed by atoms with Gasteiger partial charge >= 0.3 is 0 Å². The lowest BCUT2D eigenvalue weighted by molar-refractivity contribution is 0.627. The van der Waals surface area contributed by atoms with E-state index in [1.807, 2.05) is 37.3 Å². The minimum atomic E-state index is -0.307. The van der Waals surface area contributed by atoms with E-state index in [9.17, 15) is 4.39 Å². The second-order valence-corrected chi connectivity index (χ2v) is 7.29. The molecule has 7 heteroatoms. The van der Waals surface area contributed by atoms with Gasteiger partial charge in [-0.05, 0) is 73.0 Å². The van der Waals surface area contributed by atoms with E-state index in [1.54, 1.807) is 18.3 Å². The highest BCUT2D eigenvalue weighted by molar-refractivity contribution is 5.92. The van der Waals surface area contributed by atoms with Gasteiger partial charge in [0.05, 0.1) is 5.70 Å². The van der Waals surface area contributed by atoms with Crippen molar-refractivity contribution in [3.05, 3.63) is 95.4 Å². The van der Waals surface area contributed by atoms with Crippen molar-refractivity contribution in [3.8, 4) is 0 Å². The van der Waals surface area contributed by atoms with E-state index >= 15 is 0 Å². The lowest BCUT2D eigenvalue weighted by Gasteiger charge is -2.19. The molecule has 3 aromatic rings. The fourth-order valence-corrected chi connectivity index (χ4v) is 3.05. The van der Waals surface area contributed by atoms with Crippen LogP contribution in [0.5, 0.6) is 0 Å². The Balaban J connectivity index is 0.000000837. The van der Waals surface area contributed by atoms with Crippen LogP contribution in [0.2, 0.25) is 0 Å². The van der Waals surface area contributed by atoms with Crippen LogP contribution in [0.15, 0.2) is 72.9 Å². The third kappa shape index (κ3) is 7.46. The highest BCUT2D eigenvalue weighted by atomic mass is 19.1. The third-order valence-corrected chi connectivity index (χ3v) is 4.68. The number of benzene rings is 2. The Bertz CT molecular complexity index is 969. The molecule has 170 valence electrons. The highest BCUT2D eigenvalue weighted by Crippen LogP contribution is 2.27. The predicted octanol–water partition coefficient (Wildman–Crippen LogP) is 3.87. The zero-order valence-corrected chi connectivity index (χ0v) is 18.7. The van der Waals surface area contributed by atoms with Crippen LogP contribution in [-0.4, -0.2) is 17.6 Å². The van der Waals surface area contributed by atoms with Crippen LogP contribution in [0.4, 0.5) is 10.2 Å². The molecule has 6 nitrogen and oxygen atoms in total. The smallest absolute Gasteiger partial charge is 0.126 e. The van der Waals surface area contributed by atoms with Crippen molar-refractivity contribution in [2.75, 3.05) is 11.9 Å². The fraction of sp³-hybridized carbons (Fsp3) is 0.240. The number of nitrogens with two attached hydrogens (primary N) is 3. The first-order chi connectivity index (χ1) is 15.5. The van der Waals surface area contributed by atoms with Gasteiger partial charge in [0.15, 0.2) is 0 Å². The van der Waals surface area contributed by atoms with Gasteiger partial charge in [-0.3, -0.25) is 5.84 Å². The van der Waals surface area contributed by atoms with Crippen LogP contribution < -0.4 is 28.1 Å². The molecule has 0 saturated heterocycles. The Labute approximate surface area is 189 Å². The molecule has 8 N–H and O–H groups in total. The van der Waals surface area contributed by atoms with Crippen LogP contribution in [0, 0.1) is 5.82 Å². The maximum atomic E-state index is 13.3. The number of hydrogen-bond donors (Lipinski definition) is 5. The van der Waals surface area contributed by atoms with E-state index in [-0.39, 0.29) is 11.9 Å². The minimum absolute atomic E-state index is 0.305. The van der Waals surface area contributed by atoms with Crippen molar-refractivity contribution in [2.24, 2.45) is 17.3 Å². The molecule has 1 heterocycles. The van der Waals surface area contributed by atoms with Crippen LogP contribution in [-0.2, 0) is 6.54 Å². The fourth-order valence-electron chi connectivity index (χ4n) is 3.05. The lowest BCUT2D eigenvalue weighted by Crippen LogP contribution is -2.27. The first kappa shape index (κ1) is 25.0. The molecule has 0 bridgehead atoms. The number of nitrogens with zero attached hydrogens (tertiary/aromatic N) is 1. The molecule has 0 aliphatic heterocycles. The number of hydrazine groups is 1. The van der Waals surface area contributed by atoms with Crippen LogP contribution in [0.1, 0.15) is 37.0 Å². The average molecular weight is 437 g/mol. The summed E-state index contributed by atoms with van der Waals surface area (Å²) in [6, 6.07) is 19.7. The second kappa shape index (κ2) is 13.2. The van der Waals surface area contributed by atoms with Gasteiger partial charge in [0.25, 0.3) is 0 Å². The monoisotopic (exact) mass is 436 g/mol. The summed E-state index contributed by atoms with van der Waals surface area (Å²) >= 11 is 0. The van der Waals surface area contributed by atoms with Crippen LogP contribution in [0.25, 0.3) is 11.3 Å². The van der Waals surface area contributed by atoms with Gasteiger partial charge in [-0.15, -0.1) is 0 Å². The normalized spacial score (nSPS) is 12.2. The number of nitrogens with one attached hydrogen (secondary N) is 2. The Kier molecular flexibility index (Phi) is 10.3. The summed E-state index contributed by atoms with van der Waals surface area (Å²) in [4.78, 5) is 4.39. The largest absolute Gasteiger partial charge is 0.366 e. The molecule has 0 amide bonds. The third-order valence-electron chi connectivity index (χ3n) is 4.68. The maximum Gasteiger partial charge on any atom is 0.126 e. The molecule has 0 saturated carbocycles. The molecular formula is C25H33FN6. The number of rotatable bonds is 8. The van der Waals surface area contributed by atoms with E-state index in [2.05, 4.69) is 34.8 Å². The molecule has 0 aliphatic rings. The van der Waals surface area contributed by atoms with Crippen molar-refractivity contribution in [1.29, 1.82) is 0 Å². The van der Waals surface area contributed by atoms with E-state index in [0.29, 0.717) is 12.2 Å². The van der Waals surface area contributed by atoms with Crippen molar-refractivity contribution in [1.82, 2.24) is 10.4 Å². The predicted molar refractivity (Wildman–Crippen MR) is 132 cm³/mol. The second-order valence-electron chi connectivity index (χ2n) is 7.29. The standard InChI is InChI=1S/C22H24FN5.C3H9N/c1-15(24)21(22(28-25)17-7-9-19(23)10-8-17)18-11-12-26-20(13-18)27-14-16-5-3-2-4-6-16;1-2-3-4/h2-13,15,28H,14,24-25H2,1H3,(H,26,27);2-4H2,1H3/b22-21+;. The van der Waals surface area contributed by atoms with Gasteiger partial charge in [-0.2, -0.15) is 0 Å². The van der Waals surface area contributed by atoms with Crippen molar-refractivity contribution in [3.63, 3.8) is 0 Å². The van der Waals surface area contributed by atoms with E-state index in [4.69, 9.17) is 17.3 Å². The summed E-state index contributed by atoms with van der Waals surface area (Å²) in [6.07, 6.45) is 2.82. The van der Waals surface area contributed by atoms with Gasteiger partial charge in [-0.25, -0.2) is 9.37 Å². The Hall–Kier alpha value is -3.26. The summed E-state index contributed by atoms with van der Waals surface area (Å²) in [5, 5.41) is 3.32. The Morgan fingerprint density at radius 2 is 1.69 bits per heavy atom. The molecular weight excluding hydrogens is 403 g/mol. The van der Waals surface area contributed by atoms with Gasteiger partial charge in [0.1, 0.15) is 11.6 Å². The molecule has 1 unspecified atom stereocenters. The maximum absolute atomic E-state index is 13.3. The number of halogens is 1. The van der Waals surface area contributed by atoms with E-state index in [0.717, 1.165) is 41.0 Å². The molecule has 32 heavy (non-hydrogen) atoms. The minimum Gasteiger partial charge on any atom is -0.366 e. The number of anilines is 1. The first-order valence-corrected chi connectivity index (χ1v) is 10.7. The van der Waals surface area contributed by atoms with Crippen LogP contribution >= 0.6 is 0 Å².